The first kappa shape index (κ1) is 21.9. The highest BCUT2D eigenvalue weighted by Gasteiger charge is 2.30. The number of rotatable bonds is 6. The van der Waals surface area contributed by atoms with Crippen LogP contribution >= 0.6 is 0 Å². The molecular formula is C28H17NO6. The Morgan fingerprint density at radius 2 is 1.34 bits per heavy atom. The molecule has 0 saturated carbocycles. The molecule has 0 spiro atoms. The molecule has 5 rings (SSSR count). The summed E-state index contributed by atoms with van der Waals surface area (Å²) in [5.74, 6) is -1.33. The summed E-state index contributed by atoms with van der Waals surface area (Å²) in [6.45, 7) is 0. The Hall–Kier alpha value is -4.91. The Morgan fingerprint density at radius 3 is 2.03 bits per heavy atom. The van der Waals surface area contributed by atoms with Gasteiger partial charge in [-0.15, -0.1) is 0 Å². The Bertz CT molecular complexity index is 1490. The molecular weight excluding hydrogens is 446 g/mol. The molecule has 0 aliphatic heterocycles. The molecule has 4 aromatic rings. The van der Waals surface area contributed by atoms with Crippen LogP contribution < -0.4 is 0 Å². The van der Waals surface area contributed by atoms with Crippen LogP contribution in [0.3, 0.4) is 0 Å². The zero-order valence-corrected chi connectivity index (χ0v) is 18.2. The Labute approximate surface area is 199 Å². The average molecular weight is 463 g/mol. The fourth-order valence-corrected chi connectivity index (χ4v) is 4.13. The van der Waals surface area contributed by atoms with E-state index in [-0.39, 0.29) is 17.0 Å². The van der Waals surface area contributed by atoms with Gasteiger partial charge < -0.3 is 4.74 Å². The molecule has 0 unspecified atom stereocenters. The van der Waals surface area contributed by atoms with Crippen molar-refractivity contribution in [2.24, 2.45) is 0 Å². The van der Waals surface area contributed by atoms with Crippen molar-refractivity contribution in [1.29, 1.82) is 0 Å². The second-order valence-electron chi connectivity index (χ2n) is 8.00. The minimum atomic E-state index is -1.31. The van der Waals surface area contributed by atoms with E-state index in [9.17, 15) is 24.5 Å². The number of ether oxygens (including phenoxy) is 1. The van der Waals surface area contributed by atoms with Gasteiger partial charge in [0.2, 0.25) is 5.78 Å². The molecule has 0 heterocycles. The molecule has 1 atom stereocenters. The monoisotopic (exact) mass is 463 g/mol. The summed E-state index contributed by atoms with van der Waals surface area (Å²) >= 11 is 0. The fraction of sp³-hybridized carbons (Fsp3) is 0.0357. The molecule has 0 fully saturated rings. The lowest BCUT2D eigenvalue weighted by Crippen LogP contribution is -2.20. The summed E-state index contributed by atoms with van der Waals surface area (Å²) in [4.78, 5) is 49.6. The highest BCUT2D eigenvalue weighted by Crippen LogP contribution is 2.37. The van der Waals surface area contributed by atoms with Crippen molar-refractivity contribution in [3.8, 4) is 11.1 Å². The summed E-state index contributed by atoms with van der Waals surface area (Å²) in [6.07, 6.45) is -1.31. The van der Waals surface area contributed by atoms with Crippen molar-refractivity contribution in [1.82, 2.24) is 0 Å². The zero-order valence-electron chi connectivity index (χ0n) is 18.2. The molecule has 170 valence electrons. The third kappa shape index (κ3) is 4.00. The van der Waals surface area contributed by atoms with E-state index in [1.165, 1.54) is 30.3 Å². The molecule has 0 aromatic heterocycles. The minimum absolute atomic E-state index is 0.112. The number of hydrogen-bond acceptors (Lipinski definition) is 6. The molecule has 35 heavy (non-hydrogen) atoms. The van der Waals surface area contributed by atoms with Crippen LogP contribution in [0.1, 0.15) is 48.3 Å². The van der Waals surface area contributed by atoms with E-state index in [0.29, 0.717) is 27.8 Å². The van der Waals surface area contributed by atoms with Gasteiger partial charge in [-0.1, -0.05) is 54.6 Å². The van der Waals surface area contributed by atoms with Gasteiger partial charge in [0.05, 0.1) is 10.5 Å². The number of nitrogens with zero attached hydrogens (tertiary/aromatic N) is 1. The number of fused-ring (bicyclic) bond motifs is 3. The Balaban J connectivity index is 1.49. The first-order valence-corrected chi connectivity index (χ1v) is 10.8. The van der Waals surface area contributed by atoms with Gasteiger partial charge in [-0.2, -0.15) is 0 Å². The molecule has 0 N–H and O–H groups in total. The lowest BCUT2D eigenvalue weighted by Gasteiger charge is -2.18. The highest BCUT2D eigenvalue weighted by molar-refractivity contribution is 6.22. The van der Waals surface area contributed by atoms with Crippen molar-refractivity contribution < 1.29 is 24.0 Å². The summed E-state index contributed by atoms with van der Waals surface area (Å²) in [7, 11) is 0. The first-order valence-electron chi connectivity index (χ1n) is 10.8. The van der Waals surface area contributed by atoms with E-state index in [4.69, 9.17) is 4.74 Å². The molecule has 1 aliphatic rings. The van der Waals surface area contributed by atoms with Gasteiger partial charge in [-0.3, -0.25) is 19.7 Å². The second kappa shape index (κ2) is 8.79. The number of nitro benzene ring substituents is 1. The quantitative estimate of drug-likeness (QED) is 0.141. The number of benzene rings is 4. The van der Waals surface area contributed by atoms with E-state index < -0.39 is 22.8 Å². The Kier molecular flexibility index (Phi) is 5.51. The predicted molar refractivity (Wildman–Crippen MR) is 127 cm³/mol. The fourth-order valence-electron chi connectivity index (χ4n) is 4.13. The molecule has 7 heteroatoms. The molecule has 0 saturated heterocycles. The zero-order chi connectivity index (χ0) is 24.5. The van der Waals surface area contributed by atoms with Crippen LogP contribution in [0.15, 0.2) is 97.1 Å². The largest absolute Gasteiger partial charge is 0.445 e. The molecule has 4 aromatic carbocycles. The molecule has 0 radical (unpaired) electrons. The van der Waals surface area contributed by atoms with Crippen LogP contribution in [0, 0.1) is 10.1 Å². The topological polar surface area (TPSA) is 104 Å². The second-order valence-corrected chi connectivity index (χ2v) is 8.00. The molecule has 1 aliphatic carbocycles. The normalized spacial score (nSPS) is 12.4. The predicted octanol–water partition coefficient (Wildman–Crippen LogP) is 5.59. The van der Waals surface area contributed by atoms with Crippen molar-refractivity contribution in [3.05, 3.63) is 135 Å². The van der Waals surface area contributed by atoms with E-state index >= 15 is 0 Å². The van der Waals surface area contributed by atoms with Crippen LogP contribution in [0.5, 0.6) is 0 Å². The summed E-state index contributed by atoms with van der Waals surface area (Å²) in [5.41, 5.74) is 3.09. The number of hydrogen-bond donors (Lipinski definition) is 0. The van der Waals surface area contributed by atoms with Crippen molar-refractivity contribution >= 4 is 23.2 Å². The van der Waals surface area contributed by atoms with Gasteiger partial charge in [0.25, 0.3) is 5.69 Å². The smallest absolute Gasteiger partial charge is 0.339 e. The molecule has 0 amide bonds. The lowest BCUT2D eigenvalue weighted by atomic mass is 9.99. The number of non-ortho nitro benzene ring substituents is 1. The van der Waals surface area contributed by atoms with Crippen LogP contribution in [-0.4, -0.2) is 22.5 Å². The van der Waals surface area contributed by atoms with Gasteiger partial charge >= 0.3 is 5.97 Å². The lowest BCUT2D eigenvalue weighted by molar-refractivity contribution is -0.384. The van der Waals surface area contributed by atoms with Gasteiger partial charge in [0, 0.05) is 34.4 Å². The standard InChI is InChI=1S/C28H17NO6/c30-25(17-6-2-1-3-7-17)27(18-10-13-20(14-11-18)29(33)34)35-28(32)19-12-15-23-24(16-19)21-8-4-5-9-22(21)26(23)31/h1-16,27H/t27-/m0/s1. The first-order chi connectivity index (χ1) is 16.9. The summed E-state index contributed by atoms with van der Waals surface area (Å²) < 4.78 is 5.67. The van der Waals surface area contributed by atoms with E-state index in [0.717, 1.165) is 5.56 Å². The van der Waals surface area contributed by atoms with E-state index in [1.807, 2.05) is 12.1 Å². The maximum atomic E-state index is 13.3. The third-order valence-corrected chi connectivity index (χ3v) is 5.89. The SMILES string of the molecule is O=C(O[C@H](C(=O)c1ccccc1)c1ccc([N+](=O)[O-])cc1)c1ccc2c(c1)-c1ccccc1C2=O. The number of esters is 1. The summed E-state index contributed by atoms with van der Waals surface area (Å²) in [5, 5.41) is 11.0. The van der Waals surface area contributed by atoms with E-state index in [1.54, 1.807) is 54.6 Å². The molecule has 0 bridgehead atoms. The molecule has 7 nitrogen and oxygen atoms in total. The van der Waals surface area contributed by atoms with Crippen molar-refractivity contribution in [2.45, 2.75) is 6.10 Å². The van der Waals surface area contributed by atoms with Gasteiger partial charge in [0.1, 0.15) is 0 Å². The van der Waals surface area contributed by atoms with E-state index in [2.05, 4.69) is 0 Å². The van der Waals surface area contributed by atoms with Crippen LogP contribution in [0.2, 0.25) is 0 Å². The van der Waals surface area contributed by atoms with Gasteiger partial charge in [-0.05, 0) is 41.5 Å². The van der Waals surface area contributed by atoms with Crippen molar-refractivity contribution in [3.63, 3.8) is 0 Å². The van der Waals surface area contributed by atoms with Crippen LogP contribution in [0.4, 0.5) is 5.69 Å². The average Bonchev–Trinajstić information content (AvgIpc) is 3.19. The Morgan fingerprint density at radius 1 is 0.714 bits per heavy atom. The third-order valence-electron chi connectivity index (χ3n) is 5.89. The van der Waals surface area contributed by atoms with Crippen LogP contribution in [0.25, 0.3) is 11.1 Å². The minimum Gasteiger partial charge on any atom is -0.445 e. The number of Topliss-reactive ketones (excluding diaryl/α,β-unsaturated/α-hetero) is 1. The number of ketones is 2. The number of carbonyl (C=O) groups excluding carboxylic acids is 3. The highest BCUT2D eigenvalue weighted by atomic mass is 16.6. The maximum Gasteiger partial charge on any atom is 0.339 e. The van der Waals surface area contributed by atoms with Crippen molar-refractivity contribution in [2.75, 3.05) is 0 Å². The summed E-state index contributed by atoms with van der Waals surface area (Å²) in [6, 6.07) is 25.4. The van der Waals surface area contributed by atoms with Gasteiger partial charge in [-0.25, -0.2) is 4.79 Å². The number of nitro groups is 1. The van der Waals surface area contributed by atoms with Crippen LogP contribution in [-0.2, 0) is 4.74 Å². The maximum absolute atomic E-state index is 13.3. The van der Waals surface area contributed by atoms with Gasteiger partial charge in [0.15, 0.2) is 11.9 Å². The number of carbonyl (C=O) groups is 3.